The summed E-state index contributed by atoms with van der Waals surface area (Å²) in [7, 11) is 1.83. The van der Waals surface area contributed by atoms with Crippen molar-refractivity contribution in [2.75, 3.05) is 19.6 Å². The second-order valence-corrected chi connectivity index (χ2v) is 7.97. The van der Waals surface area contributed by atoms with Crippen molar-refractivity contribution in [2.24, 2.45) is 12.0 Å². The van der Waals surface area contributed by atoms with E-state index in [-0.39, 0.29) is 30.5 Å². The first-order chi connectivity index (χ1) is 15.5. The summed E-state index contributed by atoms with van der Waals surface area (Å²) in [6, 6.07) is 18.3. The second kappa shape index (κ2) is 13.2. The van der Waals surface area contributed by atoms with E-state index in [1.165, 1.54) is 5.56 Å². The van der Waals surface area contributed by atoms with Gasteiger partial charge in [-0.1, -0.05) is 42.5 Å². The summed E-state index contributed by atoms with van der Waals surface area (Å²) in [6.45, 7) is 6.04. The molecule has 0 aliphatic heterocycles. The Balaban J connectivity index is 0.00000385. The van der Waals surface area contributed by atoms with E-state index in [1.807, 2.05) is 50.5 Å². The molecule has 33 heavy (non-hydrogen) atoms. The summed E-state index contributed by atoms with van der Waals surface area (Å²) < 4.78 is 7.52. The van der Waals surface area contributed by atoms with E-state index in [9.17, 15) is 5.11 Å². The average molecular weight is 563 g/mol. The van der Waals surface area contributed by atoms with Crippen LogP contribution in [0, 0.1) is 0 Å². The van der Waals surface area contributed by atoms with Gasteiger partial charge in [0.2, 0.25) is 0 Å². The van der Waals surface area contributed by atoms with Gasteiger partial charge < -0.3 is 20.5 Å². The van der Waals surface area contributed by atoms with Crippen LogP contribution in [0.15, 0.2) is 72.0 Å². The lowest BCUT2D eigenvalue weighted by Crippen LogP contribution is -2.39. The fourth-order valence-corrected chi connectivity index (χ4v) is 3.18. The molecule has 0 amide bonds. The maximum Gasteiger partial charge on any atom is 0.191 e. The predicted octanol–water partition coefficient (Wildman–Crippen LogP) is 3.62. The third kappa shape index (κ3) is 8.70. The summed E-state index contributed by atoms with van der Waals surface area (Å²) in [5.41, 5.74) is 2.03. The van der Waals surface area contributed by atoms with Gasteiger partial charge in [-0.15, -0.1) is 24.0 Å². The number of nitrogens with zero attached hydrogens (tertiary/aromatic N) is 3. The van der Waals surface area contributed by atoms with E-state index in [0.717, 1.165) is 36.4 Å². The van der Waals surface area contributed by atoms with Crippen LogP contribution in [-0.4, -0.2) is 40.5 Å². The first kappa shape index (κ1) is 26.7. The maximum absolute atomic E-state index is 10.7. The highest BCUT2D eigenvalue weighted by Crippen LogP contribution is 2.20. The molecular weight excluding hydrogens is 529 g/mol. The second-order valence-electron chi connectivity index (χ2n) is 7.97. The van der Waals surface area contributed by atoms with Gasteiger partial charge in [0.1, 0.15) is 18.0 Å². The predicted molar refractivity (Wildman–Crippen MR) is 143 cm³/mol. The van der Waals surface area contributed by atoms with E-state index < -0.39 is 5.60 Å². The van der Waals surface area contributed by atoms with Gasteiger partial charge in [0.25, 0.3) is 0 Å². The Hall–Kier alpha value is -2.59. The number of benzene rings is 2. The summed E-state index contributed by atoms with van der Waals surface area (Å²) in [5, 5.41) is 21.4. The minimum Gasteiger partial charge on any atom is -0.489 e. The molecule has 0 aliphatic rings. The molecule has 3 N–H and O–H groups in total. The quantitative estimate of drug-likeness (QED) is 0.200. The zero-order valence-corrected chi connectivity index (χ0v) is 21.8. The lowest BCUT2D eigenvalue weighted by atomic mass is 10.0. The molecule has 1 atom stereocenters. The van der Waals surface area contributed by atoms with E-state index in [0.29, 0.717) is 12.6 Å². The van der Waals surface area contributed by atoms with E-state index in [4.69, 9.17) is 4.74 Å². The van der Waals surface area contributed by atoms with Gasteiger partial charge in [-0.2, -0.15) is 5.10 Å². The van der Waals surface area contributed by atoms with Crippen LogP contribution in [0.25, 0.3) is 0 Å². The highest BCUT2D eigenvalue weighted by molar-refractivity contribution is 14.0. The first-order valence-electron chi connectivity index (χ1n) is 11.0. The molecule has 7 nitrogen and oxygen atoms in total. The molecule has 3 rings (SSSR count). The van der Waals surface area contributed by atoms with Crippen LogP contribution in [0.2, 0.25) is 0 Å². The van der Waals surface area contributed by atoms with Gasteiger partial charge in [0, 0.05) is 31.9 Å². The molecule has 0 saturated heterocycles. The molecular formula is C25H34IN5O2. The van der Waals surface area contributed by atoms with Gasteiger partial charge in [0.05, 0.1) is 12.7 Å². The zero-order valence-electron chi connectivity index (χ0n) is 19.5. The number of ether oxygens (including phenoxy) is 1. The lowest BCUT2D eigenvalue weighted by Gasteiger charge is -2.20. The Labute approximate surface area is 213 Å². The average Bonchev–Trinajstić information content (AvgIpc) is 3.25. The topological polar surface area (TPSA) is 83.7 Å². The summed E-state index contributed by atoms with van der Waals surface area (Å²) in [6.07, 6.45) is 4.33. The zero-order chi connectivity index (χ0) is 22.8. The Morgan fingerprint density at radius 3 is 2.45 bits per heavy atom. The van der Waals surface area contributed by atoms with Crippen molar-refractivity contribution in [1.29, 1.82) is 0 Å². The van der Waals surface area contributed by atoms with Crippen molar-refractivity contribution in [3.63, 3.8) is 0 Å². The SMILES string of the molecule is CCNC(=NCC(C)(O)c1cnn(C)c1)NCCc1ccc(OCc2ccccc2)cc1.I. The largest absolute Gasteiger partial charge is 0.489 e. The molecule has 2 aromatic carbocycles. The molecule has 0 saturated carbocycles. The van der Waals surface area contributed by atoms with Gasteiger partial charge >= 0.3 is 0 Å². The molecule has 8 heteroatoms. The molecule has 3 aromatic rings. The maximum atomic E-state index is 10.7. The summed E-state index contributed by atoms with van der Waals surface area (Å²) >= 11 is 0. The van der Waals surface area contributed by atoms with Crippen LogP contribution < -0.4 is 15.4 Å². The minimum absolute atomic E-state index is 0. The molecule has 0 bridgehead atoms. The number of guanidine groups is 1. The smallest absolute Gasteiger partial charge is 0.191 e. The van der Waals surface area contributed by atoms with E-state index in [2.05, 4.69) is 45.0 Å². The Morgan fingerprint density at radius 2 is 1.82 bits per heavy atom. The van der Waals surface area contributed by atoms with Crippen molar-refractivity contribution < 1.29 is 9.84 Å². The van der Waals surface area contributed by atoms with Crippen LogP contribution in [0.3, 0.4) is 0 Å². The summed E-state index contributed by atoms with van der Waals surface area (Å²) in [5.74, 6) is 1.54. The number of nitrogens with one attached hydrogen (secondary N) is 2. The summed E-state index contributed by atoms with van der Waals surface area (Å²) in [4.78, 5) is 4.56. The number of halogens is 1. The third-order valence-corrected chi connectivity index (χ3v) is 5.09. The Kier molecular flexibility index (Phi) is 10.7. The van der Waals surface area contributed by atoms with Crippen molar-refractivity contribution in [1.82, 2.24) is 20.4 Å². The number of aromatic nitrogens is 2. The van der Waals surface area contributed by atoms with Crippen molar-refractivity contribution in [2.45, 2.75) is 32.5 Å². The number of rotatable bonds is 10. The van der Waals surface area contributed by atoms with E-state index >= 15 is 0 Å². The molecule has 0 aliphatic carbocycles. The van der Waals surface area contributed by atoms with Crippen LogP contribution in [0.1, 0.15) is 30.5 Å². The number of aliphatic hydroxyl groups is 1. The van der Waals surface area contributed by atoms with E-state index in [1.54, 1.807) is 17.8 Å². The van der Waals surface area contributed by atoms with Crippen LogP contribution in [-0.2, 0) is 25.7 Å². The van der Waals surface area contributed by atoms with Crippen LogP contribution in [0.5, 0.6) is 5.75 Å². The molecule has 0 spiro atoms. The van der Waals surface area contributed by atoms with Crippen molar-refractivity contribution in [3.8, 4) is 5.75 Å². The fourth-order valence-electron chi connectivity index (χ4n) is 3.18. The number of aliphatic imine (C=N–C) groups is 1. The van der Waals surface area contributed by atoms with Gasteiger partial charge in [-0.25, -0.2) is 4.99 Å². The molecule has 1 aromatic heterocycles. The number of hydrogen-bond donors (Lipinski definition) is 3. The highest BCUT2D eigenvalue weighted by Gasteiger charge is 2.24. The number of hydrogen-bond acceptors (Lipinski definition) is 4. The van der Waals surface area contributed by atoms with Gasteiger partial charge in [-0.3, -0.25) is 4.68 Å². The van der Waals surface area contributed by atoms with Crippen molar-refractivity contribution in [3.05, 3.63) is 83.7 Å². The molecule has 1 unspecified atom stereocenters. The fraction of sp³-hybridized carbons (Fsp3) is 0.360. The number of aryl methyl sites for hydroxylation is 1. The van der Waals surface area contributed by atoms with Crippen molar-refractivity contribution >= 4 is 29.9 Å². The molecule has 178 valence electrons. The van der Waals surface area contributed by atoms with Gasteiger partial charge in [-0.05, 0) is 43.5 Å². The first-order valence-corrected chi connectivity index (χ1v) is 11.0. The van der Waals surface area contributed by atoms with Gasteiger partial charge in [0.15, 0.2) is 5.96 Å². The monoisotopic (exact) mass is 563 g/mol. The lowest BCUT2D eigenvalue weighted by molar-refractivity contribution is 0.0672. The van der Waals surface area contributed by atoms with Crippen LogP contribution >= 0.6 is 24.0 Å². The molecule has 0 fully saturated rings. The molecule has 0 radical (unpaired) electrons. The highest BCUT2D eigenvalue weighted by atomic mass is 127. The normalized spacial score (nSPS) is 13.0. The third-order valence-electron chi connectivity index (χ3n) is 5.09. The minimum atomic E-state index is -1.08. The Morgan fingerprint density at radius 1 is 1.09 bits per heavy atom. The standard InChI is InChI=1S/C25H33N5O2.HI/c1-4-26-24(28-19-25(2,31)22-16-29-30(3)17-22)27-15-14-20-10-12-23(13-11-20)32-18-21-8-6-5-7-9-21;/h5-13,16-17,31H,4,14-15,18-19H2,1-3H3,(H2,26,27,28);1H. The van der Waals surface area contributed by atoms with Crippen LogP contribution in [0.4, 0.5) is 0 Å². The molecule has 1 heterocycles. The Bertz CT molecular complexity index is 988.